The first-order valence-corrected chi connectivity index (χ1v) is 10.1. The van der Waals surface area contributed by atoms with Crippen LogP contribution >= 0.6 is 0 Å². The minimum atomic E-state index is -1.23. The SMILES string of the molecule is OC[C@H]1O[C@@H](n2cnc3c(C4C=C(c5ccc(F)cc5)CCN4)ncnc32)[C@H](O)[C@@H]1O. The third-order valence-electron chi connectivity index (χ3n) is 5.81. The summed E-state index contributed by atoms with van der Waals surface area (Å²) in [5.74, 6) is -0.275. The van der Waals surface area contributed by atoms with E-state index in [-0.39, 0.29) is 11.9 Å². The van der Waals surface area contributed by atoms with E-state index in [1.54, 1.807) is 12.1 Å². The first-order chi connectivity index (χ1) is 15.1. The van der Waals surface area contributed by atoms with Crippen LogP contribution in [0.15, 0.2) is 43.0 Å². The number of hydrogen-bond donors (Lipinski definition) is 4. The molecule has 0 bridgehead atoms. The van der Waals surface area contributed by atoms with E-state index in [1.165, 1.54) is 29.4 Å². The van der Waals surface area contributed by atoms with Gasteiger partial charge in [0.25, 0.3) is 0 Å². The lowest BCUT2D eigenvalue weighted by Gasteiger charge is -2.23. The summed E-state index contributed by atoms with van der Waals surface area (Å²) >= 11 is 0. The van der Waals surface area contributed by atoms with E-state index >= 15 is 0 Å². The predicted molar refractivity (Wildman–Crippen MR) is 108 cm³/mol. The fourth-order valence-electron chi connectivity index (χ4n) is 4.18. The average molecular weight is 427 g/mol. The second kappa shape index (κ2) is 8.06. The molecule has 0 saturated carbocycles. The van der Waals surface area contributed by atoms with Crippen LogP contribution in [0.2, 0.25) is 0 Å². The van der Waals surface area contributed by atoms with Crippen LogP contribution in [-0.4, -0.2) is 66.3 Å². The molecular weight excluding hydrogens is 405 g/mol. The Kier molecular flexibility index (Phi) is 5.24. The van der Waals surface area contributed by atoms with Crippen molar-refractivity contribution in [3.63, 3.8) is 0 Å². The van der Waals surface area contributed by atoms with Gasteiger partial charge in [0.05, 0.1) is 24.7 Å². The molecule has 1 fully saturated rings. The summed E-state index contributed by atoms with van der Waals surface area (Å²) in [7, 11) is 0. The molecule has 4 heterocycles. The molecule has 5 atom stereocenters. The number of halogens is 1. The maximum atomic E-state index is 13.3. The number of aliphatic hydroxyl groups excluding tert-OH is 3. The van der Waals surface area contributed by atoms with Gasteiger partial charge in [0.1, 0.15) is 36.0 Å². The number of fused-ring (bicyclic) bond motifs is 1. The van der Waals surface area contributed by atoms with E-state index in [4.69, 9.17) is 4.74 Å². The van der Waals surface area contributed by atoms with Gasteiger partial charge in [0.15, 0.2) is 11.9 Å². The van der Waals surface area contributed by atoms with Crippen LogP contribution in [-0.2, 0) is 4.74 Å². The quantitative estimate of drug-likeness (QED) is 0.479. The normalized spacial score (nSPS) is 28.8. The fourth-order valence-corrected chi connectivity index (χ4v) is 4.18. The van der Waals surface area contributed by atoms with Crippen LogP contribution in [0, 0.1) is 5.82 Å². The Bertz CT molecular complexity index is 1120. The lowest BCUT2D eigenvalue weighted by atomic mass is 9.95. The predicted octanol–water partition coefficient (Wildman–Crippen LogP) is 0.695. The minimum absolute atomic E-state index is 0.229. The third kappa shape index (κ3) is 3.52. The highest BCUT2D eigenvalue weighted by atomic mass is 19.1. The molecule has 1 unspecified atom stereocenters. The van der Waals surface area contributed by atoms with Crippen molar-refractivity contribution in [1.29, 1.82) is 0 Å². The zero-order valence-corrected chi connectivity index (χ0v) is 16.5. The number of ether oxygens (including phenoxy) is 1. The summed E-state index contributed by atoms with van der Waals surface area (Å²) in [4.78, 5) is 13.2. The van der Waals surface area contributed by atoms with Crippen molar-refractivity contribution in [3.05, 3.63) is 60.1 Å². The number of benzene rings is 1. The maximum Gasteiger partial charge on any atom is 0.165 e. The molecule has 2 aliphatic rings. The van der Waals surface area contributed by atoms with Gasteiger partial charge in [0, 0.05) is 6.54 Å². The molecule has 10 heteroatoms. The van der Waals surface area contributed by atoms with Crippen LogP contribution in [0.25, 0.3) is 16.7 Å². The molecule has 0 amide bonds. The minimum Gasteiger partial charge on any atom is -0.394 e. The van der Waals surface area contributed by atoms with Gasteiger partial charge in [0.2, 0.25) is 0 Å². The van der Waals surface area contributed by atoms with Crippen LogP contribution in [0.3, 0.4) is 0 Å². The van der Waals surface area contributed by atoms with Crippen molar-refractivity contribution < 1.29 is 24.4 Å². The van der Waals surface area contributed by atoms with E-state index in [1.807, 2.05) is 6.08 Å². The number of nitrogens with one attached hydrogen (secondary N) is 1. The van der Waals surface area contributed by atoms with Gasteiger partial charge in [-0.05, 0) is 29.7 Å². The molecule has 0 aliphatic carbocycles. The summed E-state index contributed by atoms with van der Waals surface area (Å²) in [6.45, 7) is 0.305. The van der Waals surface area contributed by atoms with Gasteiger partial charge in [-0.25, -0.2) is 19.3 Å². The lowest BCUT2D eigenvalue weighted by Crippen LogP contribution is -2.33. The van der Waals surface area contributed by atoms with Crippen LogP contribution in [0.1, 0.15) is 29.9 Å². The zero-order valence-electron chi connectivity index (χ0n) is 16.5. The molecule has 1 aromatic carbocycles. The first-order valence-electron chi connectivity index (χ1n) is 10.1. The zero-order chi connectivity index (χ0) is 21.5. The summed E-state index contributed by atoms with van der Waals surface area (Å²) < 4.78 is 20.4. The van der Waals surface area contributed by atoms with Crippen molar-refractivity contribution in [2.24, 2.45) is 0 Å². The summed E-state index contributed by atoms with van der Waals surface area (Å²) in [6.07, 6.45) is 1.48. The molecule has 1 saturated heterocycles. The third-order valence-corrected chi connectivity index (χ3v) is 5.81. The maximum absolute atomic E-state index is 13.3. The summed E-state index contributed by atoms with van der Waals surface area (Å²) in [5, 5.41) is 33.2. The van der Waals surface area contributed by atoms with Gasteiger partial charge < -0.3 is 25.4 Å². The average Bonchev–Trinajstić information content (AvgIpc) is 3.35. The summed E-state index contributed by atoms with van der Waals surface area (Å²) in [5.41, 5.74) is 3.68. The molecule has 2 aliphatic heterocycles. The largest absolute Gasteiger partial charge is 0.394 e. The standard InChI is InChI=1S/C21H22FN5O4/c22-13-3-1-11(2-4-13)12-5-6-23-14(7-12)16-17-20(25-9-24-16)27(10-26-17)21-19(30)18(29)15(8-28)31-21/h1-4,7,9-10,14-15,18-19,21,23,28-30H,5-6,8H2/t14?,15-,18-,19-,21-/m1/s1. The van der Waals surface area contributed by atoms with Crippen LogP contribution in [0.5, 0.6) is 0 Å². The van der Waals surface area contributed by atoms with E-state index in [0.717, 1.165) is 24.1 Å². The topological polar surface area (TPSA) is 126 Å². The number of hydrogen-bond acceptors (Lipinski definition) is 8. The highest BCUT2D eigenvalue weighted by Gasteiger charge is 2.44. The van der Waals surface area contributed by atoms with Crippen molar-refractivity contribution >= 4 is 16.7 Å². The van der Waals surface area contributed by atoms with E-state index in [0.29, 0.717) is 16.9 Å². The molecule has 31 heavy (non-hydrogen) atoms. The Morgan fingerprint density at radius 3 is 2.68 bits per heavy atom. The molecule has 162 valence electrons. The van der Waals surface area contributed by atoms with Crippen molar-refractivity contribution in [3.8, 4) is 0 Å². The molecule has 5 rings (SSSR count). The van der Waals surface area contributed by atoms with Gasteiger partial charge >= 0.3 is 0 Å². The number of rotatable bonds is 4. The van der Waals surface area contributed by atoms with E-state index in [2.05, 4.69) is 20.3 Å². The van der Waals surface area contributed by atoms with E-state index in [9.17, 15) is 19.7 Å². The smallest absolute Gasteiger partial charge is 0.165 e. The van der Waals surface area contributed by atoms with Gasteiger partial charge in [-0.15, -0.1) is 0 Å². The number of nitrogens with zero attached hydrogens (tertiary/aromatic N) is 4. The first kappa shape index (κ1) is 20.2. The molecule has 0 radical (unpaired) electrons. The fraction of sp³-hybridized carbons (Fsp3) is 0.381. The van der Waals surface area contributed by atoms with E-state index < -0.39 is 31.1 Å². The van der Waals surface area contributed by atoms with Crippen molar-refractivity contribution in [2.75, 3.05) is 13.2 Å². The highest BCUT2D eigenvalue weighted by Crippen LogP contribution is 2.33. The lowest BCUT2D eigenvalue weighted by molar-refractivity contribution is -0.0511. The monoisotopic (exact) mass is 427 g/mol. The molecule has 0 spiro atoms. The van der Waals surface area contributed by atoms with Crippen molar-refractivity contribution in [1.82, 2.24) is 24.8 Å². The van der Waals surface area contributed by atoms with Gasteiger partial charge in [-0.2, -0.15) is 0 Å². The van der Waals surface area contributed by atoms with Gasteiger partial charge in [-0.3, -0.25) is 4.57 Å². The Labute approximate surface area is 176 Å². The molecule has 4 N–H and O–H groups in total. The second-order valence-electron chi connectivity index (χ2n) is 7.69. The van der Waals surface area contributed by atoms with Gasteiger partial charge in [-0.1, -0.05) is 18.2 Å². The molecule has 3 aromatic rings. The molecular formula is C21H22FN5O4. The molecule has 9 nitrogen and oxygen atoms in total. The van der Waals surface area contributed by atoms with Crippen LogP contribution in [0.4, 0.5) is 4.39 Å². The van der Waals surface area contributed by atoms with Crippen LogP contribution < -0.4 is 5.32 Å². The van der Waals surface area contributed by atoms with Crippen molar-refractivity contribution in [2.45, 2.75) is 37.0 Å². The number of aliphatic hydroxyl groups is 3. The highest BCUT2D eigenvalue weighted by molar-refractivity contribution is 5.75. The Hall–Kier alpha value is -2.76. The summed E-state index contributed by atoms with van der Waals surface area (Å²) in [6, 6.07) is 6.18. The Morgan fingerprint density at radius 1 is 1.13 bits per heavy atom. The Morgan fingerprint density at radius 2 is 1.94 bits per heavy atom. The Balaban J connectivity index is 1.50. The number of aromatic nitrogens is 4. The second-order valence-corrected chi connectivity index (χ2v) is 7.69. The number of imidazole rings is 1. The molecule has 2 aromatic heterocycles.